The average molecular weight is 402 g/mol. The molecule has 1 saturated heterocycles. The number of hydrogen-bond donors (Lipinski definition) is 2. The lowest BCUT2D eigenvalue weighted by Crippen LogP contribution is -2.41. The lowest BCUT2D eigenvalue weighted by atomic mass is 9.77. The minimum absolute atomic E-state index is 0.198. The molecule has 0 spiro atoms. The van der Waals surface area contributed by atoms with E-state index in [-0.39, 0.29) is 6.54 Å². The summed E-state index contributed by atoms with van der Waals surface area (Å²) < 4.78 is 17.7. The fourth-order valence-electron chi connectivity index (χ4n) is 2.70. The number of oxime groups is 1. The van der Waals surface area contributed by atoms with Gasteiger partial charge in [0.05, 0.1) is 17.4 Å². The van der Waals surface area contributed by atoms with Gasteiger partial charge >= 0.3 is 13.2 Å². The van der Waals surface area contributed by atoms with Crippen molar-refractivity contribution in [2.75, 3.05) is 6.54 Å². The Morgan fingerprint density at radius 3 is 2.34 bits per heavy atom. The maximum absolute atomic E-state index is 12.1. The van der Waals surface area contributed by atoms with E-state index in [2.05, 4.69) is 10.5 Å². The minimum Gasteiger partial charge on any atom is -0.444 e. The second-order valence-electron chi connectivity index (χ2n) is 9.08. The zero-order valence-corrected chi connectivity index (χ0v) is 18.3. The lowest BCUT2D eigenvalue weighted by Gasteiger charge is -2.32. The van der Waals surface area contributed by atoms with Gasteiger partial charge in [-0.1, -0.05) is 29.4 Å². The van der Waals surface area contributed by atoms with E-state index in [1.165, 1.54) is 6.21 Å². The van der Waals surface area contributed by atoms with Crippen LogP contribution in [0.5, 0.6) is 0 Å². The number of ether oxygens (including phenoxy) is 1. The Kier molecular flexibility index (Phi) is 6.80. The van der Waals surface area contributed by atoms with Crippen LogP contribution in [0.1, 0.15) is 59.6 Å². The third-order valence-corrected chi connectivity index (χ3v) is 4.86. The molecule has 1 aliphatic rings. The van der Waals surface area contributed by atoms with E-state index < -0.39 is 30.0 Å². The summed E-state index contributed by atoms with van der Waals surface area (Å²) in [7, 11) is -0.620. The Bertz CT molecular complexity index is 781. The van der Waals surface area contributed by atoms with Crippen molar-refractivity contribution in [1.29, 1.82) is 0 Å². The lowest BCUT2D eigenvalue weighted by molar-refractivity contribution is 0.00578. The number of benzene rings is 1. The number of nitrogens with one attached hydrogen (secondary N) is 1. The largest absolute Gasteiger partial charge is 0.492 e. The van der Waals surface area contributed by atoms with Gasteiger partial charge in [-0.15, -0.1) is 0 Å². The van der Waals surface area contributed by atoms with Crippen molar-refractivity contribution in [3.05, 3.63) is 40.9 Å². The van der Waals surface area contributed by atoms with Crippen molar-refractivity contribution in [2.45, 2.75) is 65.3 Å². The van der Waals surface area contributed by atoms with Crippen molar-refractivity contribution in [3.8, 4) is 0 Å². The molecule has 1 aliphatic heterocycles. The highest BCUT2D eigenvalue weighted by atomic mass is 16.7. The quantitative estimate of drug-likeness (QED) is 0.336. The number of hydrogen-bond acceptors (Lipinski definition) is 6. The molecule has 0 unspecified atom stereocenters. The molecular formula is C21H31BN2O5. The van der Waals surface area contributed by atoms with Gasteiger partial charge in [0, 0.05) is 6.54 Å². The smallest absolute Gasteiger partial charge is 0.444 e. The molecule has 0 aromatic heterocycles. The summed E-state index contributed by atoms with van der Waals surface area (Å²) in [4.78, 5) is 12.1. The van der Waals surface area contributed by atoms with E-state index >= 15 is 0 Å². The molecule has 0 atom stereocenters. The van der Waals surface area contributed by atoms with Crippen molar-refractivity contribution in [1.82, 2.24) is 5.32 Å². The fraction of sp³-hybridized carbons (Fsp3) is 0.524. The summed E-state index contributed by atoms with van der Waals surface area (Å²) in [5.41, 5.74) is 0.749. The average Bonchev–Trinajstić information content (AvgIpc) is 2.78. The molecule has 2 N–H and O–H groups in total. The first-order valence-corrected chi connectivity index (χ1v) is 9.63. The Morgan fingerprint density at radius 1 is 1.21 bits per heavy atom. The predicted octanol–water partition coefficient (Wildman–Crippen LogP) is 4.03. The Morgan fingerprint density at radius 2 is 1.79 bits per heavy atom. The van der Waals surface area contributed by atoms with Crippen LogP contribution >= 0.6 is 0 Å². The molecule has 1 aromatic rings. The third kappa shape index (κ3) is 6.34. The number of alkyl carbamates (subject to hydrolysis) is 1. The molecule has 7 nitrogen and oxygen atoms in total. The summed E-state index contributed by atoms with van der Waals surface area (Å²) in [5.74, 6) is 0. The van der Waals surface area contributed by atoms with Gasteiger partial charge in [-0.2, -0.15) is 0 Å². The number of carbonyl (C=O) groups excluding carboxylic acids is 1. The van der Waals surface area contributed by atoms with Crippen LogP contribution in [-0.4, -0.2) is 48.0 Å². The summed E-state index contributed by atoms with van der Waals surface area (Å²) in [6, 6.07) is 7.45. The van der Waals surface area contributed by atoms with Crippen LogP contribution in [0.3, 0.4) is 0 Å². The Labute approximate surface area is 173 Å². The van der Waals surface area contributed by atoms with Gasteiger partial charge in [0.1, 0.15) is 5.60 Å². The molecule has 1 aromatic carbocycles. The molecule has 1 fully saturated rings. The van der Waals surface area contributed by atoms with E-state index in [4.69, 9.17) is 19.3 Å². The summed E-state index contributed by atoms with van der Waals surface area (Å²) in [6.07, 6.45) is 2.74. The maximum atomic E-state index is 12.1. The van der Waals surface area contributed by atoms with Crippen LogP contribution in [0.2, 0.25) is 0 Å². The standard InChI is InChI=1S/C21H31BN2O5/c1-19(2,3)27-18(25)23-14-17(22-28-20(4,5)21(6,7)29-22)12-15-9-8-10-16(11-15)13-24-26/h8-13,26H,14H2,1-7H3,(H,23,25). The molecule has 1 amide bonds. The third-order valence-electron chi connectivity index (χ3n) is 4.86. The molecule has 0 saturated carbocycles. The molecule has 158 valence electrons. The van der Waals surface area contributed by atoms with Crippen LogP contribution in [0.15, 0.2) is 34.9 Å². The van der Waals surface area contributed by atoms with Crippen molar-refractivity contribution < 1.29 is 24.0 Å². The maximum Gasteiger partial charge on any atom is 0.492 e. The second kappa shape index (κ2) is 8.59. The van der Waals surface area contributed by atoms with Crippen LogP contribution in [0.25, 0.3) is 6.08 Å². The van der Waals surface area contributed by atoms with Crippen LogP contribution in [0, 0.1) is 0 Å². The van der Waals surface area contributed by atoms with Gasteiger partial charge in [0.15, 0.2) is 0 Å². The Balaban J connectivity index is 2.28. The fourth-order valence-corrected chi connectivity index (χ4v) is 2.70. The van der Waals surface area contributed by atoms with Gasteiger partial charge in [0.25, 0.3) is 0 Å². The van der Waals surface area contributed by atoms with Crippen molar-refractivity contribution >= 4 is 25.5 Å². The topological polar surface area (TPSA) is 89.4 Å². The van der Waals surface area contributed by atoms with Gasteiger partial charge in [-0.25, -0.2) is 4.79 Å². The molecule has 2 rings (SSSR count). The molecule has 0 aliphatic carbocycles. The van der Waals surface area contributed by atoms with Crippen LogP contribution < -0.4 is 5.32 Å². The van der Waals surface area contributed by atoms with Gasteiger partial charge in [-0.05, 0) is 71.1 Å². The van der Waals surface area contributed by atoms with Gasteiger partial charge in [-0.3, -0.25) is 0 Å². The molecular weight excluding hydrogens is 371 g/mol. The SMILES string of the molecule is CC(C)(C)OC(=O)NCC(=Cc1cccc(C=NO)c1)B1OC(C)(C)C(C)(C)O1. The zero-order valence-electron chi connectivity index (χ0n) is 18.3. The summed E-state index contributed by atoms with van der Waals surface area (Å²) in [6.45, 7) is 13.5. The van der Waals surface area contributed by atoms with E-state index in [0.29, 0.717) is 0 Å². The van der Waals surface area contributed by atoms with Crippen LogP contribution in [-0.2, 0) is 14.0 Å². The van der Waals surface area contributed by atoms with E-state index in [1.807, 2.05) is 78.8 Å². The number of amides is 1. The highest BCUT2D eigenvalue weighted by molar-refractivity contribution is 6.56. The summed E-state index contributed by atoms with van der Waals surface area (Å²) in [5, 5.41) is 14.6. The van der Waals surface area contributed by atoms with E-state index in [9.17, 15) is 4.79 Å². The highest BCUT2D eigenvalue weighted by Gasteiger charge is 2.52. The molecule has 0 radical (unpaired) electrons. The minimum atomic E-state index is -0.620. The number of carbonyl (C=O) groups is 1. The monoisotopic (exact) mass is 402 g/mol. The molecule has 8 heteroatoms. The van der Waals surface area contributed by atoms with Crippen molar-refractivity contribution in [3.63, 3.8) is 0 Å². The Hall–Kier alpha value is -2.32. The number of nitrogens with zero attached hydrogens (tertiary/aromatic N) is 1. The predicted molar refractivity (Wildman–Crippen MR) is 114 cm³/mol. The van der Waals surface area contributed by atoms with Crippen LogP contribution in [0.4, 0.5) is 4.79 Å². The normalized spacial score (nSPS) is 18.9. The molecule has 1 heterocycles. The first-order valence-electron chi connectivity index (χ1n) is 9.63. The summed E-state index contributed by atoms with van der Waals surface area (Å²) >= 11 is 0. The van der Waals surface area contributed by atoms with E-state index in [0.717, 1.165) is 16.6 Å². The zero-order chi connectivity index (χ0) is 21.9. The second-order valence-corrected chi connectivity index (χ2v) is 9.08. The van der Waals surface area contributed by atoms with Gasteiger partial charge < -0.3 is 24.6 Å². The molecule has 0 bridgehead atoms. The van der Waals surface area contributed by atoms with E-state index in [1.54, 1.807) is 0 Å². The molecule has 29 heavy (non-hydrogen) atoms. The highest BCUT2D eigenvalue weighted by Crippen LogP contribution is 2.38. The first kappa shape index (κ1) is 23.0. The first-order chi connectivity index (χ1) is 13.3. The number of rotatable bonds is 5. The van der Waals surface area contributed by atoms with Crippen molar-refractivity contribution in [2.24, 2.45) is 5.16 Å². The van der Waals surface area contributed by atoms with Gasteiger partial charge in [0.2, 0.25) is 0 Å².